The number of nitrogens with one attached hydrogen (secondary N) is 2. The van der Waals surface area contributed by atoms with Crippen LogP contribution in [0.4, 0.5) is 30.8 Å². The average Bonchev–Trinajstić information content (AvgIpc) is 3.80. The SMILES string of the molecule is CN(C)CC1(S(=O)(=O)NC(=O)c2ccc(Nc3nc(OCC(F)(F)F)nc(N4CCN(C(=O)c5cccc(Cl)c5)CC4)n3)cc2)CC1. The van der Waals surface area contributed by atoms with Crippen molar-refractivity contribution in [2.24, 2.45) is 0 Å². The molecule has 0 bridgehead atoms. The van der Waals surface area contributed by atoms with Crippen molar-refractivity contribution < 1.29 is 35.9 Å². The molecule has 2 N–H and O–H groups in total. The van der Waals surface area contributed by atoms with Crippen molar-refractivity contribution in [3.05, 3.63) is 64.7 Å². The number of benzene rings is 2. The molecule has 2 heterocycles. The summed E-state index contributed by atoms with van der Waals surface area (Å²) in [4.78, 5) is 43.1. The molecular formula is C29H32ClF3N8O5S. The van der Waals surface area contributed by atoms with Gasteiger partial charge >= 0.3 is 12.2 Å². The maximum atomic E-state index is 12.9. The summed E-state index contributed by atoms with van der Waals surface area (Å²) >= 11 is 6.02. The number of rotatable bonds is 11. The lowest BCUT2D eigenvalue weighted by Crippen LogP contribution is -2.49. The van der Waals surface area contributed by atoms with E-state index in [0.29, 0.717) is 29.1 Å². The van der Waals surface area contributed by atoms with Crippen molar-refractivity contribution in [2.45, 2.75) is 23.8 Å². The number of anilines is 3. The Morgan fingerprint density at radius 1 is 1.00 bits per heavy atom. The first-order valence-electron chi connectivity index (χ1n) is 14.5. The molecule has 2 fully saturated rings. The van der Waals surface area contributed by atoms with Crippen LogP contribution in [0.2, 0.25) is 5.02 Å². The standard InChI is InChI=1S/C29H32ClF3N8O5S/c1-39(2)17-28(10-11-28)47(44,45)38-23(42)19-6-8-22(9-7-19)34-25-35-26(37-27(36-25)46-18-29(31,32)33)41-14-12-40(13-15-41)24(43)20-4-3-5-21(30)16-20/h3-9,16H,10-15,17-18H2,1-2H3,(H,38,42)(H,34,35,36,37). The summed E-state index contributed by atoms with van der Waals surface area (Å²) in [6.45, 7) is -0.214. The number of nitrogens with zero attached hydrogens (tertiary/aromatic N) is 6. The summed E-state index contributed by atoms with van der Waals surface area (Å²) in [6.07, 6.45) is -3.73. The Balaban J connectivity index is 1.28. The number of carbonyl (C=O) groups excluding carboxylic acids is 2. The molecule has 1 aliphatic carbocycles. The minimum absolute atomic E-state index is 0.0301. The number of hydrogen-bond acceptors (Lipinski definition) is 11. The molecule has 1 saturated carbocycles. The van der Waals surface area contributed by atoms with Crippen LogP contribution in [0.25, 0.3) is 0 Å². The van der Waals surface area contributed by atoms with Gasteiger partial charge in [0, 0.05) is 54.6 Å². The van der Waals surface area contributed by atoms with Gasteiger partial charge in [-0.15, -0.1) is 0 Å². The van der Waals surface area contributed by atoms with Crippen molar-refractivity contribution in [1.29, 1.82) is 0 Å². The Morgan fingerprint density at radius 3 is 2.28 bits per heavy atom. The topological polar surface area (TPSA) is 150 Å². The van der Waals surface area contributed by atoms with Gasteiger partial charge in [0.2, 0.25) is 21.9 Å². The lowest BCUT2D eigenvalue weighted by Gasteiger charge is -2.34. The van der Waals surface area contributed by atoms with Gasteiger partial charge < -0.3 is 24.8 Å². The van der Waals surface area contributed by atoms with Crippen molar-refractivity contribution >= 4 is 51.0 Å². The fraction of sp³-hybridized carbons (Fsp3) is 0.414. The second-order valence-corrected chi connectivity index (χ2v) is 14.0. The largest absolute Gasteiger partial charge is 0.454 e. The number of aromatic nitrogens is 3. The monoisotopic (exact) mass is 696 g/mol. The van der Waals surface area contributed by atoms with Gasteiger partial charge in [-0.3, -0.25) is 9.59 Å². The van der Waals surface area contributed by atoms with E-state index in [-0.39, 0.29) is 56.1 Å². The zero-order valence-electron chi connectivity index (χ0n) is 25.4. The molecule has 2 aromatic carbocycles. The number of alkyl halides is 3. The van der Waals surface area contributed by atoms with Gasteiger partial charge in [-0.2, -0.15) is 28.1 Å². The summed E-state index contributed by atoms with van der Waals surface area (Å²) < 4.78 is 70.5. The second-order valence-electron chi connectivity index (χ2n) is 11.5. The number of halogens is 4. The van der Waals surface area contributed by atoms with E-state index in [9.17, 15) is 31.2 Å². The van der Waals surface area contributed by atoms with E-state index in [0.717, 1.165) is 0 Å². The first-order valence-corrected chi connectivity index (χ1v) is 16.3. The van der Waals surface area contributed by atoms with Gasteiger partial charge in [0.25, 0.3) is 11.8 Å². The van der Waals surface area contributed by atoms with Gasteiger partial charge in [-0.25, -0.2) is 13.1 Å². The molecule has 1 aliphatic heterocycles. The predicted octanol–water partition coefficient (Wildman–Crippen LogP) is 3.33. The van der Waals surface area contributed by atoms with Crippen LogP contribution in [0.5, 0.6) is 6.01 Å². The molecule has 2 aliphatic rings. The molecule has 0 atom stereocenters. The average molecular weight is 697 g/mol. The molecule has 1 aromatic heterocycles. The molecule has 0 unspecified atom stereocenters. The van der Waals surface area contributed by atoms with E-state index in [1.807, 2.05) is 0 Å². The highest BCUT2D eigenvalue weighted by molar-refractivity contribution is 7.91. The molecular weight excluding hydrogens is 665 g/mol. The molecule has 13 nitrogen and oxygen atoms in total. The van der Waals surface area contributed by atoms with Crippen LogP contribution >= 0.6 is 11.6 Å². The van der Waals surface area contributed by atoms with Crippen molar-refractivity contribution in [2.75, 3.05) is 63.6 Å². The third-order valence-corrected chi connectivity index (χ3v) is 9.87. The zero-order valence-corrected chi connectivity index (χ0v) is 27.0. The fourth-order valence-electron chi connectivity index (χ4n) is 5.02. The minimum atomic E-state index is -4.64. The number of amides is 2. The molecule has 0 spiro atoms. The number of carbonyl (C=O) groups is 2. The van der Waals surface area contributed by atoms with Crippen LogP contribution in [0.1, 0.15) is 33.6 Å². The van der Waals surface area contributed by atoms with Gasteiger partial charge in [0.1, 0.15) is 4.75 Å². The predicted molar refractivity (Wildman–Crippen MR) is 168 cm³/mol. The van der Waals surface area contributed by atoms with Crippen LogP contribution in [0, 0.1) is 0 Å². The molecule has 5 rings (SSSR count). The normalized spacial score (nSPS) is 16.1. The zero-order chi connectivity index (χ0) is 34.0. The van der Waals surface area contributed by atoms with Crippen LogP contribution in [-0.2, 0) is 10.0 Å². The van der Waals surface area contributed by atoms with Crippen LogP contribution < -0.4 is 19.7 Å². The molecule has 18 heteroatoms. The van der Waals surface area contributed by atoms with Gasteiger partial charge in [0.15, 0.2) is 6.61 Å². The summed E-state index contributed by atoms with van der Waals surface area (Å²) in [5.41, 5.74) is 0.865. The fourth-order valence-corrected chi connectivity index (χ4v) is 6.85. The van der Waals surface area contributed by atoms with E-state index in [1.54, 1.807) is 53.1 Å². The highest BCUT2D eigenvalue weighted by atomic mass is 35.5. The molecule has 3 aromatic rings. The van der Waals surface area contributed by atoms with Crippen LogP contribution in [0.3, 0.4) is 0 Å². The van der Waals surface area contributed by atoms with Gasteiger partial charge in [0.05, 0.1) is 0 Å². The molecule has 47 heavy (non-hydrogen) atoms. The Labute approximate surface area is 274 Å². The van der Waals surface area contributed by atoms with Crippen LogP contribution in [-0.4, -0.2) is 109 Å². The summed E-state index contributed by atoms with van der Waals surface area (Å²) in [5.74, 6) is -1.11. The van der Waals surface area contributed by atoms with Crippen molar-refractivity contribution in [1.82, 2.24) is 29.5 Å². The maximum Gasteiger partial charge on any atom is 0.422 e. The first-order chi connectivity index (χ1) is 22.1. The third-order valence-electron chi connectivity index (χ3n) is 7.50. The Kier molecular flexibility index (Phi) is 9.79. The number of hydrogen-bond donors (Lipinski definition) is 2. The Morgan fingerprint density at radius 2 is 1.68 bits per heavy atom. The van der Waals surface area contributed by atoms with Crippen molar-refractivity contribution in [3.63, 3.8) is 0 Å². The lowest BCUT2D eigenvalue weighted by atomic mass is 10.2. The Hall–Kier alpha value is -4.22. The summed E-state index contributed by atoms with van der Waals surface area (Å²) in [6, 6.07) is 11.7. The van der Waals surface area contributed by atoms with Crippen LogP contribution in [0.15, 0.2) is 48.5 Å². The number of sulfonamides is 1. The second kappa shape index (κ2) is 13.5. The highest BCUT2D eigenvalue weighted by Gasteiger charge is 2.55. The van der Waals surface area contributed by atoms with E-state index in [4.69, 9.17) is 16.3 Å². The minimum Gasteiger partial charge on any atom is -0.454 e. The van der Waals surface area contributed by atoms with E-state index >= 15 is 0 Å². The summed E-state index contributed by atoms with van der Waals surface area (Å²) in [7, 11) is -0.399. The molecule has 1 saturated heterocycles. The summed E-state index contributed by atoms with van der Waals surface area (Å²) in [5, 5.41) is 3.29. The molecule has 252 valence electrons. The quantitative estimate of drug-likeness (QED) is 0.304. The highest BCUT2D eigenvalue weighted by Crippen LogP contribution is 2.43. The smallest absolute Gasteiger partial charge is 0.422 e. The molecule has 0 radical (unpaired) electrons. The number of piperazine rings is 1. The van der Waals surface area contributed by atoms with E-state index in [2.05, 4.69) is 25.0 Å². The first kappa shape index (κ1) is 34.1. The number of ether oxygens (including phenoxy) is 1. The third kappa shape index (κ3) is 8.58. The van der Waals surface area contributed by atoms with Crippen molar-refractivity contribution in [3.8, 4) is 6.01 Å². The van der Waals surface area contributed by atoms with E-state index < -0.39 is 39.5 Å². The van der Waals surface area contributed by atoms with E-state index in [1.165, 1.54) is 24.3 Å². The van der Waals surface area contributed by atoms with Gasteiger partial charge in [-0.1, -0.05) is 17.7 Å². The maximum absolute atomic E-state index is 12.9. The Bertz CT molecular complexity index is 1730. The molecule has 2 amide bonds. The lowest BCUT2D eigenvalue weighted by molar-refractivity contribution is -0.154. The van der Waals surface area contributed by atoms with Gasteiger partial charge in [-0.05, 0) is 69.4 Å².